The Morgan fingerprint density at radius 3 is 2.10 bits per heavy atom. The van der Waals surface area contributed by atoms with E-state index in [0.717, 1.165) is 0 Å². The first-order chi connectivity index (χ1) is 9.08. The zero-order valence-corrected chi connectivity index (χ0v) is 12.4. The van der Waals surface area contributed by atoms with Gasteiger partial charge in [0.25, 0.3) is 0 Å². The summed E-state index contributed by atoms with van der Waals surface area (Å²) in [5.41, 5.74) is 4.75. The fraction of sp³-hybridized carbons (Fsp3) is 0.750. The molecule has 10 nitrogen and oxygen atoms in total. The van der Waals surface area contributed by atoms with Gasteiger partial charge in [0.05, 0.1) is 18.1 Å². The number of nitrogens with two attached hydrogens (primary N) is 1. The van der Waals surface area contributed by atoms with Gasteiger partial charge in [0.15, 0.2) is 0 Å². The zero-order valence-electron chi connectivity index (χ0n) is 10.8. The lowest BCUT2D eigenvalue weighted by Gasteiger charge is -2.07. The Labute approximate surface area is 117 Å². The highest BCUT2D eigenvalue weighted by atomic mass is 32.2. The quantitative estimate of drug-likeness (QED) is 0.356. The Morgan fingerprint density at radius 1 is 1.05 bits per heavy atom. The lowest BCUT2D eigenvalue weighted by Crippen LogP contribution is -2.36. The largest absolute Gasteiger partial charge is 0.464 e. The van der Waals surface area contributed by atoms with Crippen LogP contribution < -0.4 is 15.2 Å². The highest BCUT2D eigenvalue weighted by Crippen LogP contribution is 1.88. The second-order valence-electron chi connectivity index (χ2n) is 3.55. The molecule has 118 valence electrons. The topological polar surface area (TPSA) is 162 Å². The summed E-state index contributed by atoms with van der Waals surface area (Å²) in [4.78, 5) is 21.5. The highest BCUT2D eigenvalue weighted by molar-refractivity contribution is 7.89. The minimum absolute atomic E-state index is 0.189. The van der Waals surface area contributed by atoms with Crippen LogP contribution in [0, 0.1) is 0 Å². The summed E-state index contributed by atoms with van der Waals surface area (Å²) in [5, 5.41) is 0. The third-order valence-corrected chi connectivity index (χ3v) is 4.53. The van der Waals surface area contributed by atoms with Gasteiger partial charge in [-0.25, -0.2) is 26.3 Å². The predicted octanol–water partition coefficient (Wildman–Crippen LogP) is -3.13. The first-order valence-electron chi connectivity index (χ1n) is 5.46. The van der Waals surface area contributed by atoms with Gasteiger partial charge < -0.3 is 10.5 Å². The third kappa shape index (κ3) is 9.66. The molecule has 0 fully saturated rings. The standard InChI is InChI=1S/C8H17N3O7S2/c1-2-19(14,15)11-6-8(13)18-3-4-20(16,17)10-5-7(9)12/h10-11H,2-6H2,1H3,(H2,9,12). The number of sulfonamides is 2. The molecule has 0 saturated carbocycles. The SMILES string of the molecule is CCS(=O)(=O)NCC(=O)OCCS(=O)(=O)NCC(N)=O. The van der Waals surface area contributed by atoms with Crippen molar-refractivity contribution < 1.29 is 31.2 Å². The zero-order chi connectivity index (χ0) is 15.8. The molecule has 0 aliphatic rings. The monoisotopic (exact) mass is 331 g/mol. The number of ether oxygens (including phenoxy) is 1. The maximum atomic E-state index is 11.3. The predicted molar refractivity (Wildman–Crippen MR) is 69.4 cm³/mol. The van der Waals surface area contributed by atoms with Gasteiger partial charge in [-0.2, -0.15) is 0 Å². The van der Waals surface area contributed by atoms with Crippen LogP contribution in [0.4, 0.5) is 0 Å². The molecule has 0 unspecified atom stereocenters. The van der Waals surface area contributed by atoms with Crippen molar-refractivity contribution in [3.8, 4) is 0 Å². The second kappa shape index (κ2) is 8.14. The van der Waals surface area contributed by atoms with Crippen LogP contribution in [0.15, 0.2) is 0 Å². The molecule has 12 heteroatoms. The van der Waals surface area contributed by atoms with Crippen molar-refractivity contribution in [3.05, 3.63) is 0 Å². The minimum atomic E-state index is -3.79. The number of carbonyl (C=O) groups is 2. The Morgan fingerprint density at radius 2 is 1.60 bits per heavy atom. The van der Waals surface area contributed by atoms with Gasteiger partial charge in [0.2, 0.25) is 26.0 Å². The molecule has 0 aliphatic heterocycles. The fourth-order valence-corrected chi connectivity index (χ4v) is 2.19. The first kappa shape index (κ1) is 18.8. The molecule has 0 atom stereocenters. The van der Waals surface area contributed by atoms with Crippen LogP contribution in [-0.4, -0.2) is 59.9 Å². The summed E-state index contributed by atoms with van der Waals surface area (Å²) in [7, 11) is -7.31. The molecule has 0 radical (unpaired) electrons. The van der Waals surface area contributed by atoms with Crippen LogP contribution >= 0.6 is 0 Å². The van der Waals surface area contributed by atoms with E-state index in [1.165, 1.54) is 6.92 Å². The summed E-state index contributed by atoms with van der Waals surface area (Å²) < 4.78 is 52.9. The second-order valence-corrected chi connectivity index (χ2v) is 7.57. The molecular formula is C8H17N3O7S2. The summed E-state index contributed by atoms with van der Waals surface area (Å²) in [5.74, 6) is -2.51. The number of rotatable bonds is 10. The molecule has 0 aromatic heterocycles. The molecule has 4 N–H and O–H groups in total. The number of primary amides is 1. The van der Waals surface area contributed by atoms with Crippen LogP contribution in [0.25, 0.3) is 0 Å². The maximum absolute atomic E-state index is 11.3. The van der Waals surface area contributed by atoms with Crippen molar-refractivity contribution in [1.29, 1.82) is 0 Å². The fourth-order valence-electron chi connectivity index (χ4n) is 0.840. The third-order valence-electron chi connectivity index (χ3n) is 1.90. The van der Waals surface area contributed by atoms with E-state index in [9.17, 15) is 26.4 Å². The van der Waals surface area contributed by atoms with Crippen molar-refractivity contribution in [2.75, 3.05) is 31.2 Å². The summed E-state index contributed by atoms with van der Waals surface area (Å²) in [6.45, 7) is -0.205. The average molecular weight is 331 g/mol. The molecule has 0 aromatic rings. The molecule has 0 saturated heterocycles. The van der Waals surface area contributed by atoms with Gasteiger partial charge in [-0.15, -0.1) is 0 Å². The molecule has 0 spiro atoms. The molecule has 0 aliphatic carbocycles. The van der Waals surface area contributed by atoms with E-state index in [1.54, 1.807) is 0 Å². The summed E-state index contributed by atoms with van der Waals surface area (Å²) in [6, 6.07) is 0. The van der Waals surface area contributed by atoms with Gasteiger partial charge in [-0.3, -0.25) is 9.59 Å². The molecule has 0 aromatic carbocycles. The van der Waals surface area contributed by atoms with E-state index in [4.69, 9.17) is 5.73 Å². The van der Waals surface area contributed by atoms with E-state index in [1.807, 2.05) is 9.44 Å². The number of hydrogen-bond donors (Lipinski definition) is 3. The Kier molecular flexibility index (Phi) is 7.63. The molecule has 20 heavy (non-hydrogen) atoms. The maximum Gasteiger partial charge on any atom is 0.321 e. The number of carbonyl (C=O) groups excluding carboxylic acids is 2. The Bertz CT molecular complexity index is 540. The van der Waals surface area contributed by atoms with Crippen LogP contribution in [0.5, 0.6) is 0 Å². The highest BCUT2D eigenvalue weighted by Gasteiger charge is 2.14. The number of hydrogen-bond acceptors (Lipinski definition) is 7. The van der Waals surface area contributed by atoms with Crippen molar-refractivity contribution in [2.24, 2.45) is 5.73 Å². The normalized spacial score (nSPS) is 12.1. The smallest absolute Gasteiger partial charge is 0.321 e. The Balaban J connectivity index is 4.00. The molecule has 1 amide bonds. The van der Waals surface area contributed by atoms with Gasteiger partial charge >= 0.3 is 5.97 Å². The van der Waals surface area contributed by atoms with Crippen LogP contribution in [0.2, 0.25) is 0 Å². The molecular weight excluding hydrogens is 314 g/mol. The van der Waals surface area contributed by atoms with E-state index in [-0.39, 0.29) is 5.75 Å². The van der Waals surface area contributed by atoms with Crippen LogP contribution in [0.1, 0.15) is 6.92 Å². The number of amides is 1. The van der Waals surface area contributed by atoms with Crippen molar-refractivity contribution in [2.45, 2.75) is 6.92 Å². The van der Waals surface area contributed by atoms with Gasteiger partial charge in [0, 0.05) is 0 Å². The summed E-state index contributed by atoms with van der Waals surface area (Å²) >= 11 is 0. The van der Waals surface area contributed by atoms with Crippen molar-refractivity contribution in [1.82, 2.24) is 9.44 Å². The Hall–Kier alpha value is -1.24. The van der Waals surface area contributed by atoms with E-state index in [0.29, 0.717) is 0 Å². The van der Waals surface area contributed by atoms with Crippen molar-refractivity contribution >= 4 is 31.9 Å². The van der Waals surface area contributed by atoms with Gasteiger partial charge in [-0.05, 0) is 6.92 Å². The average Bonchev–Trinajstić information content (AvgIpc) is 2.34. The van der Waals surface area contributed by atoms with Crippen LogP contribution in [-0.2, 0) is 34.4 Å². The first-order valence-corrected chi connectivity index (χ1v) is 8.77. The number of esters is 1. The van der Waals surface area contributed by atoms with E-state index in [2.05, 4.69) is 4.74 Å². The lowest BCUT2D eigenvalue weighted by atomic mass is 10.7. The van der Waals surface area contributed by atoms with E-state index < -0.39 is 57.4 Å². The molecule has 0 bridgehead atoms. The molecule has 0 heterocycles. The summed E-state index contributed by atoms with van der Waals surface area (Å²) in [6.07, 6.45) is 0. The van der Waals surface area contributed by atoms with E-state index >= 15 is 0 Å². The van der Waals surface area contributed by atoms with Crippen LogP contribution in [0.3, 0.4) is 0 Å². The lowest BCUT2D eigenvalue weighted by molar-refractivity contribution is -0.141. The van der Waals surface area contributed by atoms with Crippen molar-refractivity contribution in [3.63, 3.8) is 0 Å². The molecule has 0 rings (SSSR count). The number of nitrogens with one attached hydrogen (secondary N) is 2. The van der Waals surface area contributed by atoms with Gasteiger partial charge in [0.1, 0.15) is 13.2 Å². The van der Waals surface area contributed by atoms with Gasteiger partial charge in [-0.1, -0.05) is 0 Å². The minimum Gasteiger partial charge on any atom is -0.464 e.